The Morgan fingerprint density at radius 3 is 2.39 bits per heavy atom. The number of halogens is 5. The average molecular weight is 542 g/mol. The van der Waals surface area contributed by atoms with Crippen molar-refractivity contribution in [3.63, 3.8) is 0 Å². The van der Waals surface area contributed by atoms with Crippen molar-refractivity contribution in [2.24, 2.45) is 10.8 Å². The monoisotopic (exact) mass is 541 g/mol. The Balaban J connectivity index is 1.32. The lowest BCUT2D eigenvalue weighted by Crippen LogP contribution is -2.56. The molecule has 2 aromatic rings. The van der Waals surface area contributed by atoms with Gasteiger partial charge in [-0.05, 0) is 56.8 Å². The lowest BCUT2D eigenvalue weighted by atomic mass is 9.75. The van der Waals surface area contributed by atoms with Crippen LogP contribution in [0, 0.1) is 22.5 Å². The fourth-order valence-electron chi connectivity index (χ4n) is 5.77. The summed E-state index contributed by atoms with van der Waals surface area (Å²) >= 11 is 0. The Hall–Kier alpha value is -2.85. The maximum Gasteiger partial charge on any atom is 0.396 e. The van der Waals surface area contributed by atoms with Crippen LogP contribution >= 0.6 is 0 Å². The van der Waals surface area contributed by atoms with Crippen molar-refractivity contribution in [2.45, 2.75) is 83.9 Å². The molecule has 3 fully saturated rings. The number of amides is 1. The third-order valence-corrected chi connectivity index (χ3v) is 8.48. The topological polar surface area (TPSA) is 67.6 Å². The standard InChI is InChI=1S/C27H32F5N3O3/c1-3-25(4-2)14-35(15-25)24-34-21(20(38-24)13-27(30,31)32)23(36)33-16-10-18(28)22(19(29)11-16)37-17-6-5-7-26(12-17)8-9-26/h10-11,17H,3-9,12-15H2,1-2H3,(H,33,36). The van der Waals surface area contributed by atoms with Crippen LogP contribution in [-0.2, 0) is 6.42 Å². The predicted molar refractivity (Wildman–Crippen MR) is 130 cm³/mol. The van der Waals surface area contributed by atoms with Gasteiger partial charge in [0.05, 0.1) is 6.10 Å². The molecule has 11 heteroatoms. The SMILES string of the molecule is CCC1(CC)CN(c2nc(C(=O)Nc3cc(F)c(OC4CCCC5(CC5)C4)c(F)c3)c(CC(F)(F)F)o2)C1. The summed E-state index contributed by atoms with van der Waals surface area (Å²) in [6, 6.07) is 1.71. The van der Waals surface area contributed by atoms with E-state index >= 15 is 0 Å². The second-order valence-electron chi connectivity index (χ2n) is 11.2. The summed E-state index contributed by atoms with van der Waals surface area (Å²) in [7, 11) is 0. The molecular formula is C27H32F5N3O3. The second kappa shape index (κ2) is 9.72. The first-order valence-corrected chi connectivity index (χ1v) is 13.2. The normalized spacial score (nSPS) is 21.8. The van der Waals surface area contributed by atoms with Crippen LogP contribution in [0.2, 0.25) is 0 Å². The highest BCUT2D eigenvalue weighted by molar-refractivity contribution is 6.03. The molecule has 1 unspecified atom stereocenters. The molecule has 2 aliphatic carbocycles. The zero-order chi connectivity index (χ0) is 27.3. The first kappa shape index (κ1) is 26.7. The van der Waals surface area contributed by atoms with E-state index in [2.05, 4.69) is 10.3 Å². The van der Waals surface area contributed by atoms with E-state index in [9.17, 15) is 26.7 Å². The number of carbonyl (C=O) groups is 1. The molecular weight excluding hydrogens is 509 g/mol. The van der Waals surface area contributed by atoms with Gasteiger partial charge in [0, 0.05) is 36.3 Å². The van der Waals surface area contributed by atoms with E-state index in [1.807, 2.05) is 13.8 Å². The van der Waals surface area contributed by atoms with Gasteiger partial charge in [0.2, 0.25) is 0 Å². The number of nitrogens with zero attached hydrogens (tertiary/aromatic N) is 2. The molecule has 2 heterocycles. The number of carbonyl (C=O) groups excluding carboxylic acids is 1. The molecule has 5 rings (SSSR count). The molecule has 1 amide bonds. The van der Waals surface area contributed by atoms with Gasteiger partial charge in [-0.25, -0.2) is 8.78 Å². The summed E-state index contributed by atoms with van der Waals surface area (Å²) < 4.78 is 80.3. The zero-order valence-electron chi connectivity index (χ0n) is 21.5. The Bertz CT molecular complexity index is 1170. The molecule has 3 aliphatic rings. The van der Waals surface area contributed by atoms with Crippen molar-refractivity contribution in [1.29, 1.82) is 0 Å². The molecule has 208 valence electrons. The van der Waals surface area contributed by atoms with Crippen LogP contribution < -0.4 is 15.0 Å². The third-order valence-electron chi connectivity index (χ3n) is 8.48. The van der Waals surface area contributed by atoms with Crippen LogP contribution in [-0.4, -0.2) is 36.3 Å². The van der Waals surface area contributed by atoms with Gasteiger partial charge in [-0.2, -0.15) is 18.2 Å². The van der Waals surface area contributed by atoms with E-state index in [0.29, 0.717) is 19.5 Å². The van der Waals surface area contributed by atoms with Crippen LogP contribution in [0.25, 0.3) is 0 Å². The van der Waals surface area contributed by atoms with E-state index < -0.39 is 47.3 Å². The number of oxazole rings is 1. The van der Waals surface area contributed by atoms with Gasteiger partial charge in [-0.15, -0.1) is 0 Å². The van der Waals surface area contributed by atoms with Crippen LogP contribution in [0.1, 0.15) is 81.5 Å². The minimum absolute atomic E-state index is 0.0246. The van der Waals surface area contributed by atoms with E-state index in [0.717, 1.165) is 57.1 Å². The lowest BCUT2D eigenvalue weighted by molar-refractivity contribution is -0.130. The van der Waals surface area contributed by atoms with Gasteiger partial charge < -0.3 is 19.4 Å². The number of aromatic nitrogens is 1. The minimum atomic E-state index is -4.65. The van der Waals surface area contributed by atoms with Gasteiger partial charge in [0.25, 0.3) is 11.9 Å². The van der Waals surface area contributed by atoms with Gasteiger partial charge in [0.1, 0.15) is 12.2 Å². The first-order valence-electron chi connectivity index (χ1n) is 13.2. The van der Waals surface area contributed by atoms with Crippen LogP contribution in [0.4, 0.5) is 33.7 Å². The van der Waals surface area contributed by atoms with Crippen molar-refractivity contribution in [3.05, 3.63) is 35.2 Å². The summed E-state index contributed by atoms with van der Waals surface area (Å²) in [5.74, 6) is -4.21. The highest BCUT2D eigenvalue weighted by atomic mass is 19.4. The van der Waals surface area contributed by atoms with Gasteiger partial charge >= 0.3 is 6.18 Å². The average Bonchev–Trinajstić information content (AvgIpc) is 3.42. The number of nitrogens with one attached hydrogen (secondary N) is 1. The molecule has 1 atom stereocenters. The quantitative estimate of drug-likeness (QED) is 0.363. The molecule has 1 spiro atoms. The second-order valence-corrected chi connectivity index (χ2v) is 11.2. The zero-order valence-corrected chi connectivity index (χ0v) is 21.5. The van der Waals surface area contributed by atoms with E-state index in [-0.39, 0.29) is 28.6 Å². The largest absolute Gasteiger partial charge is 0.484 e. The summed E-state index contributed by atoms with van der Waals surface area (Å²) in [5, 5.41) is 2.26. The first-order chi connectivity index (χ1) is 17.9. The molecule has 1 aromatic carbocycles. The number of ether oxygens (including phenoxy) is 1. The molecule has 1 saturated heterocycles. The summed E-state index contributed by atoms with van der Waals surface area (Å²) in [5.41, 5.74) is -0.557. The molecule has 0 radical (unpaired) electrons. The van der Waals surface area contributed by atoms with Gasteiger partial charge in [0.15, 0.2) is 23.1 Å². The van der Waals surface area contributed by atoms with E-state index in [4.69, 9.17) is 9.15 Å². The Labute approximate surface area is 217 Å². The molecule has 1 N–H and O–H groups in total. The van der Waals surface area contributed by atoms with Gasteiger partial charge in [-0.1, -0.05) is 13.8 Å². The summed E-state index contributed by atoms with van der Waals surface area (Å²) in [4.78, 5) is 18.6. The molecule has 38 heavy (non-hydrogen) atoms. The fourth-order valence-corrected chi connectivity index (χ4v) is 5.77. The van der Waals surface area contributed by atoms with E-state index in [1.165, 1.54) is 0 Å². The van der Waals surface area contributed by atoms with Crippen molar-refractivity contribution >= 4 is 17.6 Å². The number of alkyl halides is 3. The van der Waals surface area contributed by atoms with Crippen LogP contribution in [0.5, 0.6) is 5.75 Å². The number of hydrogen-bond donors (Lipinski definition) is 1. The van der Waals surface area contributed by atoms with Crippen LogP contribution in [0.15, 0.2) is 16.5 Å². The highest BCUT2D eigenvalue weighted by Crippen LogP contribution is 2.56. The Kier molecular flexibility index (Phi) is 6.84. The maximum absolute atomic E-state index is 14.8. The maximum atomic E-state index is 14.8. The Morgan fingerprint density at radius 2 is 1.82 bits per heavy atom. The molecule has 1 aliphatic heterocycles. The van der Waals surface area contributed by atoms with Gasteiger partial charge in [-0.3, -0.25) is 4.79 Å². The fraction of sp³-hybridized carbons (Fsp3) is 0.630. The predicted octanol–water partition coefficient (Wildman–Crippen LogP) is 7.04. The number of rotatable bonds is 8. The molecule has 6 nitrogen and oxygen atoms in total. The number of hydrogen-bond acceptors (Lipinski definition) is 5. The summed E-state index contributed by atoms with van der Waals surface area (Å²) in [6.07, 6.45) is 1.10. The minimum Gasteiger partial charge on any atom is -0.484 e. The molecule has 1 aromatic heterocycles. The lowest BCUT2D eigenvalue weighted by Gasteiger charge is -2.49. The number of anilines is 2. The van der Waals surface area contributed by atoms with E-state index in [1.54, 1.807) is 4.90 Å². The highest BCUT2D eigenvalue weighted by Gasteiger charge is 2.47. The third kappa shape index (κ3) is 5.47. The smallest absolute Gasteiger partial charge is 0.396 e. The van der Waals surface area contributed by atoms with Crippen molar-refractivity contribution < 1.29 is 35.9 Å². The summed E-state index contributed by atoms with van der Waals surface area (Å²) in [6.45, 7) is 5.18. The number of benzene rings is 1. The molecule has 0 bridgehead atoms. The van der Waals surface area contributed by atoms with Crippen molar-refractivity contribution in [3.8, 4) is 5.75 Å². The van der Waals surface area contributed by atoms with Crippen molar-refractivity contribution in [1.82, 2.24) is 4.98 Å². The Morgan fingerprint density at radius 1 is 1.16 bits per heavy atom. The molecule has 2 saturated carbocycles. The van der Waals surface area contributed by atoms with Crippen LogP contribution in [0.3, 0.4) is 0 Å². The van der Waals surface area contributed by atoms with Crippen molar-refractivity contribution in [2.75, 3.05) is 23.3 Å².